The molecule has 2 rings (SSSR count). The van der Waals surface area contributed by atoms with E-state index in [1.54, 1.807) is 11.8 Å². The predicted octanol–water partition coefficient (Wildman–Crippen LogP) is 1.75. The van der Waals surface area contributed by atoms with Crippen LogP contribution < -0.4 is 10.6 Å². The first-order chi connectivity index (χ1) is 6.95. The largest absolute Gasteiger partial charge is 0.368 e. The van der Waals surface area contributed by atoms with Crippen LogP contribution in [-0.4, -0.2) is 24.1 Å². The van der Waals surface area contributed by atoms with E-state index in [1.165, 1.54) is 0 Å². The first-order valence-electron chi connectivity index (χ1n) is 4.65. The van der Waals surface area contributed by atoms with E-state index >= 15 is 0 Å². The van der Waals surface area contributed by atoms with E-state index in [1.807, 2.05) is 30.3 Å². The molecule has 0 radical (unpaired) electrons. The minimum Gasteiger partial charge on any atom is -0.368 e. The van der Waals surface area contributed by atoms with Crippen LogP contribution in [0, 0.1) is 0 Å². The summed E-state index contributed by atoms with van der Waals surface area (Å²) in [5, 5.41) is 7.55. The molecule has 1 aromatic rings. The highest BCUT2D eigenvalue weighted by Gasteiger charge is 2.04. The normalized spacial score (nSPS) is 15.0. The zero-order chi connectivity index (χ0) is 9.64. The predicted molar refractivity (Wildman–Crippen MR) is 62.8 cm³/mol. The fraction of sp³-hybridized carbons (Fsp3) is 0.300. The number of para-hydroxylation sites is 1. The van der Waals surface area contributed by atoms with Crippen molar-refractivity contribution < 1.29 is 0 Å². The van der Waals surface area contributed by atoms with Crippen molar-refractivity contribution in [2.24, 2.45) is 4.99 Å². The molecule has 0 saturated heterocycles. The van der Waals surface area contributed by atoms with Crippen LogP contribution in [0.15, 0.2) is 35.3 Å². The summed E-state index contributed by atoms with van der Waals surface area (Å²) in [4.78, 5) is 4.30. The minimum absolute atomic E-state index is 0.732. The van der Waals surface area contributed by atoms with Gasteiger partial charge < -0.3 is 10.6 Å². The average Bonchev–Trinajstić information content (AvgIpc) is 2.72. The van der Waals surface area contributed by atoms with Crippen molar-refractivity contribution >= 4 is 22.6 Å². The number of benzene rings is 1. The van der Waals surface area contributed by atoms with Crippen LogP contribution in [0.5, 0.6) is 0 Å². The molecule has 1 heterocycles. The van der Waals surface area contributed by atoms with Crippen molar-refractivity contribution in [3.05, 3.63) is 30.3 Å². The van der Waals surface area contributed by atoms with Crippen molar-refractivity contribution in [3.63, 3.8) is 0 Å². The van der Waals surface area contributed by atoms with Gasteiger partial charge in [-0.2, -0.15) is 0 Å². The van der Waals surface area contributed by atoms with E-state index in [9.17, 15) is 0 Å². The van der Waals surface area contributed by atoms with Crippen LogP contribution in [0.4, 0.5) is 5.69 Å². The molecule has 3 nitrogen and oxygen atoms in total. The summed E-state index contributed by atoms with van der Waals surface area (Å²) in [6.45, 7) is 1.67. The maximum atomic E-state index is 4.30. The molecule has 0 amide bonds. The van der Waals surface area contributed by atoms with Gasteiger partial charge in [-0.05, 0) is 12.1 Å². The lowest BCUT2D eigenvalue weighted by Crippen LogP contribution is -2.25. The smallest absolute Gasteiger partial charge is 0.158 e. The first-order valence-corrected chi connectivity index (χ1v) is 5.64. The molecular weight excluding hydrogens is 194 g/mol. The summed E-state index contributed by atoms with van der Waals surface area (Å²) in [6.07, 6.45) is 0. The Hall–Kier alpha value is -1.16. The molecule has 0 aromatic heterocycles. The molecular formula is C10H13N3S. The van der Waals surface area contributed by atoms with E-state index in [0.717, 1.165) is 29.8 Å². The number of amidine groups is 1. The van der Waals surface area contributed by atoms with Crippen molar-refractivity contribution in [1.29, 1.82) is 0 Å². The Kier molecular flexibility index (Phi) is 3.29. The number of aliphatic imine (C=N–C) groups is 1. The SMILES string of the molecule is c1ccc(NCNC2=NCCS2)cc1. The van der Waals surface area contributed by atoms with Crippen molar-refractivity contribution in [2.45, 2.75) is 0 Å². The third kappa shape index (κ3) is 2.67. The van der Waals surface area contributed by atoms with Crippen LogP contribution in [0.2, 0.25) is 0 Å². The molecule has 0 spiro atoms. The second kappa shape index (κ2) is 4.91. The van der Waals surface area contributed by atoms with E-state index < -0.39 is 0 Å². The lowest BCUT2D eigenvalue weighted by Gasteiger charge is -2.07. The van der Waals surface area contributed by atoms with E-state index in [4.69, 9.17) is 0 Å². The maximum absolute atomic E-state index is 4.30. The monoisotopic (exact) mass is 207 g/mol. The molecule has 1 aromatic carbocycles. The summed E-state index contributed by atoms with van der Waals surface area (Å²) in [5.74, 6) is 1.10. The van der Waals surface area contributed by atoms with E-state index in [2.05, 4.69) is 15.6 Å². The Morgan fingerprint density at radius 2 is 2.07 bits per heavy atom. The number of hydrogen-bond donors (Lipinski definition) is 2. The number of nitrogens with one attached hydrogen (secondary N) is 2. The Labute approximate surface area is 88.0 Å². The van der Waals surface area contributed by atoms with Gasteiger partial charge in [0.1, 0.15) is 0 Å². The average molecular weight is 207 g/mol. The summed E-state index contributed by atoms with van der Waals surface area (Å²) in [6, 6.07) is 10.1. The highest BCUT2D eigenvalue weighted by Crippen LogP contribution is 2.09. The van der Waals surface area contributed by atoms with E-state index in [0.29, 0.717) is 0 Å². The molecule has 0 fully saturated rings. The van der Waals surface area contributed by atoms with Gasteiger partial charge in [0.15, 0.2) is 5.17 Å². The van der Waals surface area contributed by atoms with Crippen LogP contribution in [0.3, 0.4) is 0 Å². The molecule has 14 heavy (non-hydrogen) atoms. The Morgan fingerprint density at radius 3 is 2.79 bits per heavy atom. The maximum Gasteiger partial charge on any atom is 0.158 e. The molecule has 0 saturated carbocycles. The highest BCUT2D eigenvalue weighted by atomic mass is 32.2. The van der Waals surface area contributed by atoms with Gasteiger partial charge in [0.05, 0.1) is 13.2 Å². The van der Waals surface area contributed by atoms with E-state index in [-0.39, 0.29) is 0 Å². The number of thioether (sulfide) groups is 1. The third-order valence-electron chi connectivity index (χ3n) is 1.89. The molecule has 1 aliphatic heterocycles. The van der Waals surface area contributed by atoms with Gasteiger partial charge in [0.2, 0.25) is 0 Å². The van der Waals surface area contributed by atoms with Gasteiger partial charge >= 0.3 is 0 Å². The summed E-state index contributed by atoms with van der Waals surface area (Å²) in [7, 11) is 0. The fourth-order valence-electron chi connectivity index (χ4n) is 1.22. The van der Waals surface area contributed by atoms with Crippen LogP contribution >= 0.6 is 11.8 Å². The van der Waals surface area contributed by atoms with Gasteiger partial charge in [-0.1, -0.05) is 30.0 Å². The lowest BCUT2D eigenvalue weighted by atomic mass is 10.3. The molecule has 0 unspecified atom stereocenters. The Morgan fingerprint density at radius 1 is 1.21 bits per heavy atom. The number of rotatable bonds is 3. The number of hydrogen-bond acceptors (Lipinski definition) is 4. The summed E-state index contributed by atoms with van der Waals surface area (Å²) >= 11 is 1.78. The number of nitrogens with zero attached hydrogens (tertiary/aromatic N) is 1. The van der Waals surface area contributed by atoms with Crippen molar-refractivity contribution in [2.75, 3.05) is 24.3 Å². The molecule has 1 aliphatic rings. The molecule has 0 bridgehead atoms. The van der Waals surface area contributed by atoms with Crippen LogP contribution in [0.1, 0.15) is 0 Å². The quantitative estimate of drug-likeness (QED) is 0.741. The third-order valence-corrected chi connectivity index (χ3v) is 2.82. The van der Waals surface area contributed by atoms with Crippen LogP contribution in [-0.2, 0) is 0 Å². The highest BCUT2D eigenvalue weighted by molar-refractivity contribution is 8.14. The van der Waals surface area contributed by atoms with Gasteiger partial charge in [-0.15, -0.1) is 0 Å². The zero-order valence-corrected chi connectivity index (χ0v) is 8.68. The molecule has 0 atom stereocenters. The molecule has 2 N–H and O–H groups in total. The van der Waals surface area contributed by atoms with Gasteiger partial charge in [-0.25, -0.2) is 0 Å². The molecule has 74 valence electrons. The molecule has 0 aliphatic carbocycles. The molecule has 4 heteroatoms. The standard InChI is InChI=1S/C10H13N3S/c1-2-4-9(5-3-1)12-8-13-10-11-6-7-14-10/h1-5,12H,6-8H2,(H,11,13). The van der Waals surface area contributed by atoms with Crippen molar-refractivity contribution in [1.82, 2.24) is 5.32 Å². The first kappa shape index (κ1) is 9.40. The van der Waals surface area contributed by atoms with Crippen molar-refractivity contribution in [3.8, 4) is 0 Å². The Bertz CT molecular complexity index is 310. The lowest BCUT2D eigenvalue weighted by molar-refractivity contribution is 0.985. The minimum atomic E-state index is 0.732. The Balaban J connectivity index is 1.73. The summed E-state index contributed by atoms with van der Waals surface area (Å²) in [5.41, 5.74) is 1.13. The zero-order valence-electron chi connectivity index (χ0n) is 7.86. The van der Waals surface area contributed by atoms with Gasteiger partial charge in [0, 0.05) is 11.4 Å². The van der Waals surface area contributed by atoms with Crippen LogP contribution in [0.25, 0.3) is 0 Å². The number of anilines is 1. The topological polar surface area (TPSA) is 36.4 Å². The van der Waals surface area contributed by atoms with Gasteiger partial charge in [0.25, 0.3) is 0 Å². The fourth-order valence-corrected chi connectivity index (χ4v) is 1.95. The van der Waals surface area contributed by atoms with Gasteiger partial charge in [-0.3, -0.25) is 4.99 Å². The summed E-state index contributed by atoms with van der Waals surface area (Å²) < 4.78 is 0. The second-order valence-electron chi connectivity index (χ2n) is 2.93. The second-order valence-corrected chi connectivity index (χ2v) is 4.02.